The van der Waals surface area contributed by atoms with Crippen molar-refractivity contribution in [2.24, 2.45) is 0 Å². The second-order valence-corrected chi connectivity index (χ2v) is 3.09. The predicted octanol–water partition coefficient (Wildman–Crippen LogP) is 2.15. The van der Waals surface area contributed by atoms with Gasteiger partial charge in [-0.3, -0.25) is 4.90 Å². The van der Waals surface area contributed by atoms with Gasteiger partial charge in [0.1, 0.15) is 0 Å². The lowest BCUT2D eigenvalue weighted by Crippen LogP contribution is -2.18. The SMILES string of the molecule is CN(C)C1=CCN(C#N)C=C1.F[B-](F)(F)F.[H+]. The molecule has 90 valence electrons. The number of nitrogens with zero attached hydrogens (tertiary/aromatic N) is 3. The molecule has 0 radical (unpaired) electrons. The minimum Gasteiger partial charge on any atom is -0.418 e. The Balaban J connectivity index is 0. The molecule has 1 aliphatic rings. The lowest BCUT2D eigenvalue weighted by atomic mass is 10.3. The van der Waals surface area contributed by atoms with E-state index < -0.39 is 7.25 Å². The smallest absolute Gasteiger partial charge is 0.418 e. The highest BCUT2D eigenvalue weighted by Gasteiger charge is 2.20. The van der Waals surface area contributed by atoms with Crippen LogP contribution >= 0.6 is 0 Å². The highest BCUT2D eigenvalue weighted by atomic mass is 19.5. The van der Waals surface area contributed by atoms with Crippen molar-refractivity contribution in [2.75, 3.05) is 20.6 Å². The van der Waals surface area contributed by atoms with Crippen LogP contribution in [0.1, 0.15) is 1.43 Å². The fourth-order valence-corrected chi connectivity index (χ4v) is 0.893. The Morgan fingerprint density at radius 2 is 1.94 bits per heavy atom. The number of halogens is 4. The van der Waals surface area contributed by atoms with Gasteiger partial charge in [-0.2, -0.15) is 5.26 Å². The fourth-order valence-electron chi connectivity index (χ4n) is 0.893. The van der Waals surface area contributed by atoms with E-state index in [1.165, 1.54) is 0 Å². The lowest BCUT2D eigenvalue weighted by Gasteiger charge is -2.19. The van der Waals surface area contributed by atoms with Gasteiger partial charge in [-0.15, -0.1) is 0 Å². The van der Waals surface area contributed by atoms with Gasteiger partial charge in [0.25, 0.3) is 0 Å². The molecule has 0 unspecified atom stereocenters. The number of hydrogen-bond donors (Lipinski definition) is 0. The molecule has 0 bridgehead atoms. The zero-order valence-corrected chi connectivity index (χ0v) is 8.87. The molecule has 8 heteroatoms. The minimum atomic E-state index is -6.00. The average Bonchev–Trinajstić information content (AvgIpc) is 2.15. The van der Waals surface area contributed by atoms with Gasteiger partial charge >= 0.3 is 8.68 Å². The number of nitriles is 1. The van der Waals surface area contributed by atoms with Crippen molar-refractivity contribution >= 4 is 7.25 Å². The van der Waals surface area contributed by atoms with Crippen LogP contribution in [0.15, 0.2) is 24.0 Å². The van der Waals surface area contributed by atoms with Gasteiger partial charge < -0.3 is 22.2 Å². The van der Waals surface area contributed by atoms with Crippen LogP contribution in [0.5, 0.6) is 0 Å². The monoisotopic (exact) mass is 237 g/mol. The Labute approximate surface area is 92.8 Å². The molecule has 0 spiro atoms. The Bertz CT molecular complexity index is 316. The highest BCUT2D eigenvalue weighted by molar-refractivity contribution is 6.50. The molecular formula is C8H12BF4N3. The van der Waals surface area contributed by atoms with Crippen molar-refractivity contribution in [2.45, 2.75) is 0 Å². The fraction of sp³-hybridized carbons (Fsp3) is 0.375. The largest absolute Gasteiger partial charge is 1.00 e. The molecule has 0 N–H and O–H groups in total. The van der Waals surface area contributed by atoms with E-state index in [4.69, 9.17) is 5.26 Å². The first-order valence-electron chi connectivity index (χ1n) is 4.33. The molecule has 0 saturated carbocycles. The van der Waals surface area contributed by atoms with Gasteiger partial charge in [0.2, 0.25) is 0 Å². The summed E-state index contributed by atoms with van der Waals surface area (Å²) < 4.78 is 39.0. The quantitative estimate of drug-likeness (QED) is 0.397. The predicted molar refractivity (Wildman–Crippen MR) is 54.5 cm³/mol. The molecule has 0 saturated heterocycles. The summed E-state index contributed by atoms with van der Waals surface area (Å²) in [6.45, 7) is 0.681. The van der Waals surface area contributed by atoms with E-state index in [1.807, 2.05) is 37.3 Å². The zero-order valence-electron chi connectivity index (χ0n) is 9.87. The zero-order chi connectivity index (χ0) is 12.8. The number of likely N-dealkylation sites (N-methyl/N-ethyl adjacent to an activating group) is 1. The van der Waals surface area contributed by atoms with Crippen molar-refractivity contribution in [3.63, 3.8) is 0 Å². The molecule has 0 amide bonds. The normalized spacial score (nSPS) is 14.6. The maximum atomic E-state index is 9.75. The van der Waals surface area contributed by atoms with E-state index in [2.05, 4.69) is 0 Å². The summed E-state index contributed by atoms with van der Waals surface area (Å²) in [4.78, 5) is 3.60. The van der Waals surface area contributed by atoms with E-state index in [0.29, 0.717) is 6.54 Å². The van der Waals surface area contributed by atoms with Crippen LogP contribution in [0.4, 0.5) is 17.3 Å². The van der Waals surface area contributed by atoms with Crippen LogP contribution in [-0.2, 0) is 0 Å². The van der Waals surface area contributed by atoms with Gasteiger partial charge in [0.15, 0.2) is 6.19 Å². The summed E-state index contributed by atoms with van der Waals surface area (Å²) in [7, 11) is -2.03. The van der Waals surface area contributed by atoms with Crippen LogP contribution in [0.2, 0.25) is 0 Å². The summed E-state index contributed by atoms with van der Waals surface area (Å²) >= 11 is 0. The first kappa shape index (κ1) is 14.4. The molecule has 0 fully saturated rings. The maximum absolute atomic E-state index is 9.75. The molecule has 0 aliphatic carbocycles. The molecule has 1 aliphatic heterocycles. The summed E-state index contributed by atoms with van der Waals surface area (Å²) in [5.74, 6) is 0. The van der Waals surface area contributed by atoms with E-state index in [0.717, 1.165) is 5.70 Å². The summed E-state index contributed by atoms with van der Waals surface area (Å²) in [5.41, 5.74) is 1.15. The van der Waals surface area contributed by atoms with Gasteiger partial charge in [-0.25, -0.2) is 0 Å². The number of rotatable bonds is 1. The number of hydrogen-bond acceptors (Lipinski definition) is 3. The first-order valence-corrected chi connectivity index (χ1v) is 4.33. The van der Waals surface area contributed by atoms with E-state index in [9.17, 15) is 17.3 Å². The molecule has 1 heterocycles. The molecule has 0 aromatic carbocycles. The third-order valence-electron chi connectivity index (χ3n) is 1.57. The van der Waals surface area contributed by atoms with E-state index in [-0.39, 0.29) is 1.43 Å². The molecule has 1 rings (SSSR count). The van der Waals surface area contributed by atoms with Crippen LogP contribution in [0.25, 0.3) is 0 Å². The first-order chi connectivity index (χ1) is 7.24. The summed E-state index contributed by atoms with van der Waals surface area (Å²) in [6, 6.07) is 0. The third-order valence-corrected chi connectivity index (χ3v) is 1.57. The molecule has 0 aromatic rings. The van der Waals surface area contributed by atoms with Crippen LogP contribution in [-0.4, -0.2) is 37.7 Å². The van der Waals surface area contributed by atoms with Crippen LogP contribution in [0.3, 0.4) is 0 Å². The Morgan fingerprint density at radius 1 is 1.44 bits per heavy atom. The molecule has 0 aromatic heterocycles. The van der Waals surface area contributed by atoms with Crippen molar-refractivity contribution in [1.29, 1.82) is 5.26 Å². The molecule has 16 heavy (non-hydrogen) atoms. The standard InChI is InChI=1S/C8H11N3.BF4/c1-10(2)8-3-5-11(7-9)6-4-8;2-1(3,4)5/h3-5H,6H2,1-2H3;/q;-1/p+1. The average molecular weight is 237 g/mol. The van der Waals surface area contributed by atoms with Crippen molar-refractivity contribution in [3.05, 3.63) is 24.0 Å². The van der Waals surface area contributed by atoms with E-state index in [1.54, 1.807) is 11.1 Å². The van der Waals surface area contributed by atoms with Gasteiger partial charge in [-0.05, 0) is 12.2 Å². The Hall–Kier alpha value is -1.65. The second kappa shape index (κ2) is 6.05. The second-order valence-electron chi connectivity index (χ2n) is 3.09. The summed E-state index contributed by atoms with van der Waals surface area (Å²) in [5, 5.41) is 8.50. The topological polar surface area (TPSA) is 30.3 Å². The van der Waals surface area contributed by atoms with Crippen LogP contribution < -0.4 is 0 Å². The summed E-state index contributed by atoms with van der Waals surface area (Å²) in [6.07, 6.45) is 7.77. The van der Waals surface area contributed by atoms with Gasteiger partial charge in [-0.1, -0.05) is 0 Å². The molecular weight excluding hydrogens is 225 g/mol. The van der Waals surface area contributed by atoms with Crippen LogP contribution in [0, 0.1) is 11.5 Å². The van der Waals surface area contributed by atoms with Crippen molar-refractivity contribution in [3.8, 4) is 6.19 Å². The molecule has 0 atom stereocenters. The third kappa shape index (κ3) is 7.73. The van der Waals surface area contributed by atoms with E-state index >= 15 is 0 Å². The van der Waals surface area contributed by atoms with Gasteiger partial charge in [0, 0.05) is 26.0 Å². The molecule has 3 nitrogen and oxygen atoms in total. The van der Waals surface area contributed by atoms with Gasteiger partial charge in [0.05, 0.1) is 6.54 Å². The lowest BCUT2D eigenvalue weighted by molar-refractivity contribution is 0.368. The highest BCUT2D eigenvalue weighted by Crippen LogP contribution is 2.07. The van der Waals surface area contributed by atoms with Crippen molar-refractivity contribution in [1.82, 2.24) is 9.80 Å². The minimum absolute atomic E-state index is 0. The number of allylic oxidation sites excluding steroid dienone is 1. The Kier molecular flexibility index (Phi) is 5.43. The maximum Gasteiger partial charge on any atom is 1.00 e. The Morgan fingerprint density at radius 3 is 2.19 bits per heavy atom. The van der Waals surface area contributed by atoms with Crippen molar-refractivity contribution < 1.29 is 18.7 Å².